The summed E-state index contributed by atoms with van der Waals surface area (Å²) in [6.45, 7) is 3.92. The molecule has 1 heterocycles. The van der Waals surface area contributed by atoms with Gasteiger partial charge in [-0.3, -0.25) is 14.6 Å². The van der Waals surface area contributed by atoms with Gasteiger partial charge in [-0.1, -0.05) is 24.3 Å². The molecule has 0 spiro atoms. The first-order valence-electron chi connectivity index (χ1n) is 8.00. The Morgan fingerprint density at radius 2 is 1.84 bits per heavy atom. The van der Waals surface area contributed by atoms with E-state index < -0.39 is 5.91 Å². The maximum Gasteiger partial charge on any atom is 0.248 e. The zero-order chi connectivity index (χ0) is 18.0. The van der Waals surface area contributed by atoms with Crippen LogP contribution in [-0.2, 0) is 11.2 Å². The van der Waals surface area contributed by atoms with E-state index in [1.165, 1.54) is 0 Å². The van der Waals surface area contributed by atoms with Crippen molar-refractivity contribution in [1.82, 2.24) is 4.98 Å². The second-order valence-electron chi connectivity index (χ2n) is 5.99. The van der Waals surface area contributed by atoms with E-state index in [0.717, 1.165) is 27.7 Å². The quantitative estimate of drug-likeness (QED) is 0.769. The molecule has 2 amide bonds. The van der Waals surface area contributed by atoms with Crippen molar-refractivity contribution in [3.63, 3.8) is 0 Å². The summed E-state index contributed by atoms with van der Waals surface area (Å²) in [6.07, 6.45) is 0.219. The lowest BCUT2D eigenvalue weighted by atomic mass is 9.99. The number of anilines is 1. The zero-order valence-corrected chi connectivity index (χ0v) is 14.2. The largest absolute Gasteiger partial charge is 0.366 e. The van der Waals surface area contributed by atoms with Gasteiger partial charge >= 0.3 is 0 Å². The third-order valence-corrected chi connectivity index (χ3v) is 4.25. The molecule has 126 valence electrons. The molecular weight excluding hydrogens is 314 g/mol. The lowest BCUT2D eigenvalue weighted by Gasteiger charge is -2.13. The summed E-state index contributed by atoms with van der Waals surface area (Å²) in [7, 11) is 0. The number of nitrogens with one attached hydrogen (secondary N) is 1. The number of primary amides is 1. The average molecular weight is 333 g/mol. The van der Waals surface area contributed by atoms with Crippen molar-refractivity contribution in [3.8, 4) is 0 Å². The number of aryl methyl sites for hydroxylation is 2. The van der Waals surface area contributed by atoms with Crippen molar-refractivity contribution < 1.29 is 9.59 Å². The van der Waals surface area contributed by atoms with Crippen molar-refractivity contribution in [2.75, 3.05) is 5.32 Å². The van der Waals surface area contributed by atoms with E-state index in [-0.39, 0.29) is 12.3 Å². The van der Waals surface area contributed by atoms with Gasteiger partial charge in [-0.2, -0.15) is 0 Å². The van der Waals surface area contributed by atoms with Crippen LogP contribution >= 0.6 is 0 Å². The molecule has 25 heavy (non-hydrogen) atoms. The number of hydrogen-bond donors (Lipinski definition) is 2. The summed E-state index contributed by atoms with van der Waals surface area (Å²) in [5.41, 5.74) is 9.92. The van der Waals surface area contributed by atoms with E-state index in [9.17, 15) is 9.59 Å². The van der Waals surface area contributed by atoms with Crippen LogP contribution < -0.4 is 11.1 Å². The Morgan fingerprint density at radius 3 is 2.60 bits per heavy atom. The summed E-state index contributed by atoms with van der Waals surface area (Å²) in [4.78, 5) is 28.3. The Bertz CT molecular complexity index is 980. The van der Waals surface area contributed by atoms with Crippen molar-refractivity contribution in [2.45, 2.75) is 20.3 Å². The Labute approximate surface area is 145 Å². The standard InChI is InChI=1S/C20H19N3O2/c1-12-16-8-3-4-9-18(16)22-13(2)17(12)11-19(24)23-15-7-5-6-14(10-15)20(21)25/h3-10H,11H2,1-2H3,(H2,21,25)(H,23,24). The predicted octanol–water partition coefficient (Wildman–Crippen LogP) is 3.13. The fraction of sp³-hybridized carbons (Fsp3) is 0.150. The number of rotatable bonds is 4. The van der Waals surface area contributed by atoms with Gasteiger partial charge in [0.1, 0.15) is 0 Å². The minimum atomic E-state index is -0.526. The van der Waals surface area contributed by atoms with Crippen LogP contribution in [0.1, 0.15) is 27.2 Å². The molecule has 5 heteroatoms. The van der Waals surface area contributed by atoms with Crippen LogP contribution in [0.25, 0.3) is 10.9 Å². The Morgan fingerprint density at radius 1 is 1.08 bits per heavy atom. The molecule has 0 unspecified atom stereocenters. The fourth-order valence-corrected chi connectivity index (χ4v) is 2.95. The number of carbonyl (C=O) groups is 2. The molecule has 0 aliphatic carbocycles. The van der Waals surface area contributed by atoms with Gasteiger partial charge < -0.3 is 11.1 Å². The van der Waals surface area contributed by atoms with E-state index in [4.69, 9.17) is 5.73 Å². The number of fused-ring (bicyclic) bond motifs is 1. The number of carbonyl (C=O) groups excluding carboxylic acids is 2. The van der Waals surface area contributed by atoms with E-state index in [1.54, 1.807) is 24.3 Å². The number of nitrogens with two attached hydrogens (primary N) is 1. The van der Waals surface area contributed by atoms with E-state index in [2.05, 4.69) is 10.3 Å². The topological polar surface area (TPSA) is 85.1 Å². The molecule has 3 rings (SSSR count). The molecule has 3 N–H and O–H groups in total. The number of para-hydroxylation sites is 1. The van der Waals surface area contributed by atoms with Gasteiger partial charge in [-0.05, 0) is 49.2 Å². The first kappa shape index (κ1) is 16.6. The molecule has 0 aliphatic rings. The molecule has 0 radical (unpaired) electrons. The molecule has 2 aromatic carbocycles. The molecule has 0 atom stereocenters. The zero-order valence-electron chi connectivity index (χ0n) is 14.2. The summed E-state index contributed by atoms with van der Waals surface area (Å²) in [5.74, 6) is -0.689. The normalized spacial score (nSPS) is 10.6. The smallest absolute Gasteiger partial charge is 0.248 e. The predicted molar refractivity (Wildman–Crippen MR) is 98.5 cm³/mol. The van der Waals surface area contributed by atoms with Crippen LogP contribution in [0.5, 0.6) is 0 Å². The Hall–Kier alpha value is -3.21. The number of pyridine rings is 1. The minimum Gasteiger partial charge on any atom is -0.366 e. The monoisotopic (exact) mass is 333 g/mol. The number of benzene rings is 2. The number of nitrogens with zero attached hydrogens (tertiary/aromatic N) is 1. The molecule has 0 bridgehead atoms. The second kappa shape index (κ2) is 6.73. The number of amides is 2. The van der Waals surface area contributed by atoms with Gasteiger partial charge in [-0.15, -0.1) is 0 Å². The van der Waals surface area contributed by atoms with Gasteiger partial charge in [0.15, 0.2) is 0 Å². The van der Waals surface area contributed by atoms with Gasteiger partial charge in [0.05, 0.1) is 11.9 Å². The molecule has 1 aromatic heterocycles. The van der Waals surface area contributed by atoms with Crippen molar-refractivity contribution in [1.29, 1.82) is 0 Å². The highest BCUT2D eigenvalue weighted by Crippen LogP contribution is 2.23. The van der Waals surface area contributed by atoms with Gasteiger partial charge in [0.2, 0.25) is 11.8 Å². The Kier molecular flexibility index (Phi) is 4.48. The Balaban J connectivity index is 1.85. The summed E-state index contributed by atoms with van der Waals surface area (Å²) in [5, 5.41) is 3.86. The highest BCUT2D eigenvalue weighted by atomic mass is 16.2. The molecular formula is C20H19N3O2. The summed E-state index contributed by atoms with van der Waals surface area (Å²) in [6, 6.07) is 14.5. The first-order chi connectivity index (χ1) is 12.0. The van der Waals surface area contributed by atoms with Crippen LogP contribution in [0.4, 0.5) is 5.69 Å². The van der Waals surface area contributed by atoms with Crippen LogP contribution in [0.15, 0.2) is 48.5 Å². The third-order valence-electron chi connectivity index (χ3n) is 4.25. The second-order valence-corrected chi connectivity index (χ2v) is 5.99. The van der Waals surface area contributed by atoms with Crippen molar-refractivity contribution in [3.05, 3.63) is 70.9 Å². The summed E-state index contributed by atoms with van der Waals surface area (Å²) >= 11 is 0. The minimum absolute atomic E-state index is 0.162. The van der Waals surface area contributed by atoms with Gasteiger partial charge in [-0.25, -0.2) is 0 Å². The van der Waals surface area contributed by atoms with E-state index in [1.807, 2.05) is 38.1 Å². The molecule has 5 nitrogen and oxygen atoms in total. The highest BCUT2D eigenvalue weighted by Gasteiger charge is 2.13. The SMILES string of the molecule is Cc1nc2ccccc2c(C)c1CC(=O)Nc1cccc(C(N)=O)c1. The maximum absolute atomic E-state index is 12.4. The molecule has 0 saturated heterocycles. The molecule has 0 aliphatic heterocycles. The van der Waals surface area contributed by atoms with E-state index >= 15 is 0 Å². The van der Waals surface area contributed by atoms with Crippen molar-refractivity contribution in [2.24, 2.45) is 5.73 Å². The lowest BCUT2D eigenvalue weighted by Crippen LogP contribution is -2.17. The maximum atomic E-state index is 12.4. The van der Waals surface area contributed by atoms with Crippen molar-refractivity contribution >= 4 is 28.4 Å². The third kappa shape index (κ3) is 3.50. The first-order valence-corrected chi connectivity index (χ1v) is 8.00. The average Bonchev–Trinajstić information content (AvgIpc) is 2.59. The van der Waals surface area contributed by atoms with Crippen LogP contribution in [0.3, 0.4) is 0 Å². The lowest BCUT2D eigenvalue weighted by molar-refractivity contribution is -0.115. The number of aromatic nitrogens is 1. The van der Waals surface area contributed by atoms with Gasteiger partial charge in [0, 0.05) is 22.3 Å². The van der Waals surface area contributed by atoms with E-state index in [0.29, 0.717) is 11.3 Å². The highest BCUT2D eigenvalue weighted by molar-refractivity contribution is 5.97. The van der Waals surface area contributed by atoms with Crippen LogP contribution in [-0.4, -0.2) is 16.8 Å². The van der Waals surface area contributed by atoms with Crippen LogP contribution in [0.2, 0.25) is 0 Å². The molecule has 0 fully saturated rings. The fourth-order valence-electron chi connectivity index (χ4n) is 2.95. The number of hydrogen-bond acceptors (Lipinski definition) is 3. The van der Waals surface area contributed by atoms with Gasteiger partial charge in [0.25, 0.3) is 0 Å². The van der Waals surface area contributed by atoms with Crippen LogP contribution in [0, 0.1) is 13.8 Å². The molecule has 0 saturated carbocycles. The molecule has 3 aromatic rings. The summed E-state index contributed by atoms with van der Waals surface area (Å²) < 4.78 is 0.